The van der Waals surface area contributed by atoms with E-state index in [-0.39, 0.29) is 0 Å². The second-order valence-electron chi connectivity index (χ2n) is 2.94. The van der Waals surface area contributed by atoms with Gasteiger partial charge in [0, 0.05) is 28.8 Å². The quantitative estimate of drug-likeness (QED) is 0.764. The molecule has 0 bridgehead atoms. The number of anilines is 1. The highest BCUT2D eigenvalue weighted by Gasteiger charge is 1.96. The maximum absolute atomic E-state index is 5.85. The Kier molecular flexibility index (Phi) is 5.09. The van der Waals surface area contributed by atoms with Gasteiger partial charge in [-0.05, 0) is 24.7 Å². The fourth-order valence-electron chi connectivity index (χ4n) is 1.13. The minimum Gasteiger partial charge on any atom is -0.384 e. The lowest BCUT2D eigenvalue weighted by molar-refractivity contribution is 0.739. The van der Waals surface area contributed by atoms with Crippen molar-refractivity contribution in [2.75, 3.05) is 25.0 Å². The van der Waals surface area contributed by atoms with Gasteiger partial charge in [-0.1, -0.05) is 30.1 Å². The second kappa shape index (κ2) is 6.12. The SMILES string of the molecule is CCNCCNc1cc(Cl)cc(Cl)c1. The van der Waals surface area contributed by atoms with Crippen LogP contribution in [0.25, 0.3) is 0 Å². The highest BCUT2D eigenvalue weighted by Crippen LogP contribution is 2.21. The predicted octanol–water partition coefficient (Wildman–Crippen LogP) is 3.01. The van der Waals surface area contributed by atoms with Crippen molar-refractivity contribution in [3.8, 4) is 0 Å². The summed E-state index contributed by atoms with van der Waals surface area (Å²) < 4.78 is 0. The molecule has 14 heavy (non-hydrogen) atoms. The van der Waals surface area contributed by atoms with E-state index in [1.807, 2.05) is 12.1 Å². The summed E-state index contributed by atoms with van der Waals surface area (Å²) in [6.07, 6.45) is 0. The molecular weight excluding hydrogens is 219 g/mol. The van der Waals surface area contributed by atoms with Gasteiger partial charge in [-0.2, -0.15) is 0 Å². The fraction of sp³-hybridized carbons (Fsp3) is 0.400. The molecule has 0 aliphatic rings. The van der Waals surface area contributed by atoms with Gasteiger partial charge in [0.1, 0.15) is 0 Å². The number of hydrogen-bond donors (Lipinski definition) is 2. The van der Waals surface area contributed by atoms with Crippen molar-refractivity contribution in [3.05, 3.63) is 28.2 Å². The Labute approximate surface area is 94.6 Å². The van der Waals surface area contributed by atoms with Crippen molar-refractivity contribution >= 4 is 28.9 Å². The van der Waals surface area contributed by atoms with Gasteiger partial charge in [0.2, 0.25) is 0 Å². The van der Waals surface area contributed by atoms with Crippen LogP contribution in [0.15, 0.2) is 18.2 Å². The average molecular weight is 233 g/mol. The number of likely N-dealkylation sites (N-methyl/N-ethyl adjacent to an activating group) is 1. The topological polar surface area (TPSA) is 24.1 Å². The Morgan fingerprint density at radius 3 is 2.29 bits per heavy atom. The maximum Gasteiger partial charge on any atom is 0.0441 e. The van der Waals surface area contributed by atoms with E-state index < -0.39 is 0 Å². The summed E-state index contributed by atoms with van der Waals surface area (Å²) in [5.41, 5.74) is 0.959. The summed E-state index contributed by atoms with van der Waals surface area (Å²) in [7, 11) is 0. The first kappa shape index (κ1) is 11.6. The number of hydrogen-bond acceptors (Lipinski definition) is 2. The lowest BCUT2D eigenvalue weighted by Crippen LogP contribution is -2.21. The monoisotopic (exact) mass is 232 g/mol. The van der Waals surface area contributed by atoms with Crippen molar-refractivity contribution < 1.29 is 0 Å². The van der Waals surface area contributed by atoms with E-state index in [0.29, 0.717) is 10.0 Å². The summed E-state index contributed by atoms with van der Waals surface area (Å²) >= 11 is 11.7. The van der Waals surface area contributed by atoms with E-state index in [1.54, 1.807) is 6.07 Å². The van der Waals surface area contributed by atoms with Gasteiger partial charge < -0.3 is 10.6 Å². The van der Waals surface area contributed by atoms with Crippen LogP contribution in [0.2, 0.25) is 10.0 Å². The number of nitrogens with one attached hydrogen (secondary N) is 2. The van der Waals surface area contributed by atoms with Crippen molar-refractivity contribution in [2.45, 2.75) is 6.92 Å². The van der Waals surface area contributed by atoms with E-state index >= 15 is 0 Å². The van der Waals surface area contributed by atoms with Crippen LogP contribution in [-0.4, -0.2) is 19.6 Å². The second-order valence-corrected chi connectivity index (χ2v) is 3.81. The lowest BCUT2D eigenvalue weighted by atomic mass is 10.3. The Bertz CT molecular complexity index is 269. The molecule has 0 saturated heterocycles. The standard InChI is InChI=1S/C10H14Cl2N2/c1-2-13-3-4-14-10-6-8(11)5-9(12)7-10/h5-7,13-14H,2-4H2,1H3. The van der Waals surface area contributed by atoms with E-state index in [9.17, 15) is 0 Å². The summed E-state index contributed by atoms with van der Waals surface area (Å²) in [5, 5.41) is 7.76. The van der Waals surface area contributed by atoms with Crippen LogP contribution in [0, 0.1) is 0 Å². The normalized spacial score (nSPS) is 10.2. The summed E-state index contributed by atoms with van der Waals surface area (Å²) in [5.74, 6) is 0. The Balaban J connectivity index is 2.42. The smallest absolute Gasteiger partial charge is 0.0441 e. The number of benzene rings is 1. The molecule has 0 fully saturated rings. The molecule has 0 amide bonds. The molecule has 2 nitrogen and oxygen atoms in total. The number of rotatable bonds is 5. The van der Waals surface area contributed by atoms with Crippen molar-refractivity contribution in [1.82, 2.24) is 5.32 Å². The third kappa shape index (κ3) is 4.18. The van der Waals surface area contributed by atoms with Gasteiger partial charge in [0.25, 0.3) is 0 Å². The Morgan fingerprint density at radius 1 is 1.07 bits per heavy atom. The van der Waals surface area contributed by atoms with Gasteiger partial charge in [-0.25, -0.2) is 0 Å². The van der Waals surface area contributed by atoms with Crippen LogP contribution < -0.4 is 10.6 Å². The fourth-order valence-corrected chi connectivity index (χ4v) is 1.65. The Morgan fingerprint density at radius 2 is 1.71 bits per heavy atom. The van der Waals surface area contributed by atoms with Crippen LogP contribution in [-0.2, 0) is 0 Å². The third-order valence-corrected chi connectivity index (χ3v) is 2.18. The molecule has 1 aromatic rings. The first-order valence-electron chi connectivity index (χ1n) is 4.63. The van der Waals surface area contributed by atoms with Gasteiger partial charge in [-0.15, -0.1) is 0 Å². The molecule has 0 aliphatic carbocycles. The predicted molar refractivity (Wildman–Crippen MR) is 63.5 cm³/mol. The van der Waals surface area contributed by atoms with Crippen molar-refractivity contribution in [3.63, 3.8) is 0 Å². The van der Waals surface area contributed by atoms with E-state index in [2.05, 4.69) is 17.6 Å². The van der Waals surface area contributed by atoms with Crippen LogP contribution in [0.1, 0.15) is 6.92 Å². The minimum absolute atomic E-state index is 0.656. The zero-order chi connectivity index (χ0) is 10.4. The van der Waals surface area contributed by atoms with Gasteiger partial charge >= 0.3 is 0 Å². The van der Waals surface area contributed by atoms with Crippen LogP contribution in [0.5, 0.6) is 0 Å². The molecule has 2 N–H and O–H groups in total. The maximum atomic E-state index is 5.85. The molecule has 0 radical (unpaired) electrons. The van der Waals surface area contributed by atoms with Crippen LogP contribution >= 0.6 is 23.2 Å². The van der Waals surface area contributed by atoms with Crippen molar-refractivity contribution in [1.29, 1.82) is 0 Å². The molecule has 4 heteroatoms. The molecule has 0 saturated carbocycles. The molecule has 1 aromatic carbocycles. The van der Waals surface area contributed by atoms with Crippen LogP contribution in [0.4, 0.5) is 5.69 Å². The third-order valence-electron chi connectivity index (χ3n) is 1.74. The zero-order valence-corrected chi connectivity index (χ0v) is 9.62. The first-order chi connectivity index (χ1) is 6.72. The molecule has 0 unspecified atom stereocenters. The van der Waals surface area contributed by atoms with E-state index in [0.717, 1.165) is 25.3 Å². The Hall–Kier alpha value is -0.440. The highest BCUT2D eigenvalue weighted by molar-refractivity contribution is 6.35. The van der Waals surface area contributed by atoms with E-state index in [1.165, 1.54) is 0 Å². The molecule has 0 aliphatic heterocycles. The molecule has 78 valence electrons. The van der Waals surface area contributed by atoms with Crippen LogP contribution in [0.3, 0.4) is 0 Å². The largest absolute Gasteiger partial charge is 0.384 e. The molecular formula is C10H14Cl2N2. The average Bonchev–Trinajstić information content (AvgIpc) is 2.11. The zero-order valence-electron chi connectivity index (χ0n) is 8.11. The first-order valence-corrected chi connectivity index (χ1v) is 5.38. The lowest BCUT2D eigenvalue weighted by Gasteiger charge is -2.07. The summed E-state index contributed by atoms with van der Waals surface area (Å²) in [6.45, 7) is 4.86. The number of halogens is 2. The van der Waals surface area contributed by atoms with Gasteiger partial charge in [-0.3, -0.25) is 0 Å². The van der Waals surface area contributed by atoms with Gasteiger partial charge in [0.15, 0.2) is 0 Å². The van der Waals surface area contributed by atoms with Crippen molar-refractivity contribution in [2.24, 2.45) is 0 Å². The van der Waals surface area contributed by atoms with Gasteiger partial charge in [0.05, 0.1) is 0 Å². The minimum atomic E-state index is 0.656. The molecule has 0 heterocycles. The molecule has 0 atom stereocenters. The molecule has 0 spiro atoms. The molecule has 1 rings (SSSR count). The summed E-state index contributed by atoms with van der Waals surface area (Å²) in [6, 6.07) is 5.44. The molecule has 0 aromatic heterocycles. The highest BCUT2D eigenvalue weighted by atomic mass is 35.5. The summed E-state index contributed by atoms with van der Waals surface area (Å²) in [4.78, 5) is 0. The van der Waals surface area contributed by atoms with E-state index in [4.69, 9.17) is 23.2 Å².